The highest BCUT2D eigenvalue weighted by Crippen LogP contribution is 2.41. The van der Waals surface area contributed by atoms with E-state index in [-0.39, 0.29) is 74.9 Å². The number of halogens is 3. The Morgan fingerprint density at radius 1 is 0.853 bits per heavy atom. The summed E-state index contributed by atoms with van der Waals surface area (Å²) < 4.78 is 140. The second-order valence-corrected chi connectivity index (χ2v) is 29.0. The zero-order valence-electron chi connectivity index (χ0n) is 57.7. The fraction of sp³-hybridized carbons (Fsp3) is 0.815. The van der Waals surface area contributed by atoms with Crippen LogP contribution >= 0.6 is 0 Å². The van der Waals surface area contributed by atoms with Crippen LogP contribution < -0.4 is 10.1 Å². The van der Waals surface area contributed by atoms with Crippen LogP contribution in [-0.2, 0) is 86.0 Å². The van der Waals surface area contributed by atoms with Gasteiger partial charge in [0.1, 0.15) is 49.5 Å². The number of alkyl halides is 3. The molecule has 4 aliphatic rings. The summed E-state index contributed by atoms with van der Waals surface area (Å²) in [4.78, 5) is 75.8. The molecular formula is C65H108F3N3O23S. The first kappa shape index (κ1) is 84.4. The van der Waals surface area contributed by atoms with Gasteiger partial charge in [0.15, 0.2) is 40.1 Å². The molecule has 0 aliphatic carbocycles. The van der Waals surface area contributed by atoms with Crippen molar-refractivity contribution in [1.29, 1.82) is 0 Å². The highest BCUT2D eigenvalue weighted by molar-refractivity contribution is 7.91. The second kappa shape index (κ2) is 36.8. The normalized spacial score (nSPS) is 35.0. The van der Waals surface area contributed by atoms with E-state index in [0.29, 0.717) is 13.0 Å². The number of benzene rings is 1. The third-order valence-corrected chi connectivity index (χ3v) is 19.5. The fourth-order valence-electron chi connectivity index (χ4n) is 12.7. The number of hydrogen-bond donors (Lipinski definition) is 4. The van der Waals surface area contributed by atoms with Crippen LogP contribution in [0.4, 0.5) is 18.0 Å². The van der Waals surface area contributed by atoms with Gasteiger partial charge in [0, 0.05) is 69.4 Å². The molecule has 1 unspecified atom stereocenters. The van der Waals surface area contributed by atoms with Crippen molar-refractivity contribution >= 4 is 45.8 Å². The minimum atomic E-state index is -5.01. The van der Waals surface area contributed by atoms with Crippen molar-refractivity contribution in [3.8, 4) is 5.75 Å². The number of methoxy groups -OCH3 is 2. The van der Waals surface area contributed by atoms with E-state index in [2.05, 4.69) is 20.1 Å². The molecule has 1 amide bonds. The van der Waals surface area contributed by atoms with E-state index in [4.69, 9.17) is 66.8 Å². The summed E-state index contributed by atoms with van der Waals surface area (Å²) in [6.07, 6.45) is -20.8. The molecule has 0 bridgehead atoms. The number of hydrogen-bond acceptors (Lipinski definition) is 24. The minimum absolute atomic E-state index is 0. The van der Waals surface area contributed by atoms with Gasteiger partial charge in [-0.15, -0.1) is 13.2 Å². The molecule has 4 N–H and O–H groups in total. The Balaban J connectivity index is 0.00000576. The van der Waals surface area contributed by atoms with E-state index in [1.807, 2.05) is 34.7 Å². The molecule has 1 aromatic rings. The fourth-order valence-corrected chi connectivity index (χ4v) is 14.2. The van der Waals surface area contributed by atoms with Gasteiger partial charge in [-0.25, -0.2) is 13.2 Å². The molecule has 0 spiro atoms. The topological polar surface area (TPSA) is 328 Å². The number of sulfone groups is 1. The SMILES string of the molecule is C.CO/N=C1\C[C@@H](C)O[C@@H](O[C@@H]2[C@@H](C)[C@H](O[C@H]3CC(C)N(C)C[C@H](C)O3)[C@@H](C)C(=O)O[C@H]([C@@H](C)CO[C@@H]3O[C@H](C)[C@@H](O)[C@@H](OC)[C@H]3OC)[C@H](C)[C@@H](OC(=O)CC(C)C)[C@@H](C)C(=O)[C@@](C)(OC(=O)NC(C)(C)CCS(=O)(=O)c3ccc(OC(F)(F)F)cc3)C[C@@H]2C)[C@@H]1O.O=CO. The molecule has 4 aliphatic heterocycles. The first-order valence-corrected chi connectivity index (χ1v) is 33.5. The Bertz CT molecular complexity index is 2730. The Morgan fingerprint density at radius 2 is 1.46 bits per heavy atom. The highest BCUT2D eigenvalue weighted by Gasteiger charge is 2.53. The lowest BCUT2D eigenvalue weighted by Crippen LogP contribution is -2.59. The molecule has 1 aromatic carbocycles. The van der Waals surface area contributed by atoms with Gasteiger partial charge in [-0.2, -0.15) is 0 Å². The number of carboxylic acid groups (broad SMARTS) is 1. The van der Waals surface area contributed by atoms with Crippen molar-refractivity contribution in [3.05, 3.63) is 24.3 Å². The van der Waals surface area contributed by atoms with Crippen LogP contribution in [-0.4, -0.2) is 221 Å². The number of Topliss-reactive ketones (excluding diaryl/α,β-unsaturated/α-hetero) is 1. The molecule has 26 nitrogen and oxygen atoms in total. The molecule has 22 atom stereocenters. The Labute approximate surface area is 558 Å². The molecule has 4 heterocycles. The molecule has 95 heavy (non-hydrogen) atoms. The number of nitrogens with one attached hydrogen (secondary N) is 1. The van der Waals surface area contributed by atoms with Crippen LogP contribution in [0.15, 0.2) is 34.3 Å². The van der Waals surface area contributed by atoms with Gasteiger partial charge >= 0.3 is 24.4 Å². The lowest BCUT2D eigenvalue weighted by molar-refractivity contribution is -0.305. The number of esters is 2. The number of aliphatic hydroxyl groups excluding tert-OH is 2. The van der Waals surface area contributed by atoms with E-state index >= 15 is 9.59 Å². The standard InChI is InChI=1S/C63H102F3N3O21S.CH2O2.CH4/c1-32(2)26-46(70)85-52-39(9)51(34(4)31-81-59-55(79-18)54(78-17)48(71)42(12)84-59)87-57(74)41(11)53(86-47-27-35(5)69(16)30-37(7)82-47)38(8)50(88-58-49(72)45(68-80-19)28-36(6)83-58)33(3)29-62(15,56(73)40(52)10)90-60(75)67-61(13,14)24-25-91(76,77)44-22-20-43(21-23-44)89-63(64,65)66;2-1-3;/h20-23,32-42,47-55,58-59,71-72H,24-31H2,1-19H3,(H,67,75);1H,(H,2,3);1H4/b68-45+;;/t33-,34-,35?,36+,37-,38+,39-,40+,41+,42+,47-,48+,49+,50-,51+,52+,53-,54+,55+,58-,59+,62-;;/m0../s1. The predicted molar refractivity (Wildman–Crippen MR) is 339 cm³/mol. The van der Waals surface area contributed by atoms with Gasteiger partial charge in [-0.3, -0.25) is 19.2 Å². The summed E-state index contributed by atoms with van der Waals surface area (Å²) >= 11 is 0. The smallest absolute Gasteiger partial charge is 0.483 e. The number of carbonyl (C=O) groups is 5. The number of alkyl carbamates (subject to hydrolysis) is 1. The first-order chi connectivity index (χ1) is 43.7. The number of oxime groups is 1. The quantitative estimate of drug-likeness (QED) is 0.0393. The van der Waals surface area contributed by atoms with Gasteiger partial charge in [-0.05, 0) is 111 Å². The van der Waals surface area contributed by atoms with Crippen molar-refractivity contribution in [1.82, 2.24) is 10.2 Å². The van der Waals surface area contributed by atoms with Gasteiger partial charge in [0.25, 0.3) is 6.47 Å². The summed E-state index contributed by atoms with van der Waals surface area (Å²) in [5.41, 5.74) is -3.38. The number of ketones is 1. The molecule has 0 saturated carbocycles. The molecule has 4 fully saturated rings. The summed E-state index contributed by atoms with van der Waals surface area (Å²) in [6, 6.07) is 3.63. The number of rotatable bonds is 21. The average molecular weight is 1390 g/mol. The van der Waals surface area contributed by atoms with Crippen molar-refractivity contribution in [2.75, 3.05) is 47.3 Å². The molecule has 30 heteroatoms. The van der Waals surface area contributed by atoms with Gasteiger partial charge in [0.2, 0.25) is 0 Å². The van der Waals surface area contributed by atoms with Gasteiger partial charge < -0.3 is 87.2 Å². The van der Waals surface area contributed by atoms with E-state index in [1.54, 1.807) is 48.5 Å². The zero-order valence-corrected chi connectivity index (χ0v) is 58.5. The molecule has 4 saturated heterocycles. The van der Waals surface area contributed by atoms with Crippen molar-refractivity contribution in [2.45, 2.75) is 258 Å². The number of ether oxygens (including phenoxy) is 12. The predicted octanol–water partition coefficient (Wildman–Crippen LogP) is 7.88. The summed E-state index contributed by atoms with van der Waals surface area (Å²) in [6.45, 7) is 25.6. The van der Waals surface area contributed by atoms with Crippen LogP contribution in [0.3, 0.4) is 0 Å². The van der Waals surface area contributed by atoms with E-state index in [1.165, 1.54) is 49.0 Å². The highest BCUT2D eigenvalue weighted by atomic mass is 32.2. The van der Waals surface area contributed by atoms with E-state index in [0.717, 1.165) is 24.3 Å². The molecular weight excluding hydrogens is 1280 g/mol. The summed E-state index contributed by atoms with van der Waals surface area (Å²) in [5.74, 6) is -9.82. The minimum Gasteiger partial charge on any atom is -0.483 e. The van der Waals surface area contributed by atoms with Crippen molar-refractivity contribution in [3.63, 3.8) is 0 Å². The number of carbonyl (C=O) groups excluding carboxylic acids is 4. The van der Waals surface area contributed by atoms with E-state index in [9.17, 15) is 41.4 Å². The maximum atomic E-state index is 16.1. The summed E-state index contributed by atoms with van der Waals surface area (Å²) in [7, 11) is 1.95. The van der Waals surface area contributed by atoms with Crippen LogP contribution in [0.1, 0.15) is 143 Å². The Kier molecular flexibility index (Phi) is 32.7. The third-order valence-electron chi connectivity index (χ3n) is 17.8. The molecule has 0 aromatic heterocycles. The first-order valence-electron chi connectivity index (χ1n) is 31.9. The molecule has 548 valence electrons. The van der Waals surface area contributed by atoms with Crippen LogP contribution in [0.25, 0.3) is 0 Å². The summed E-state index contributed by atoms with van der Waals surface area (Å²) in [5, 5.41) is 36.6. The number of aliphatic hydroxyl groups is 2. The monoisotopic (exact) mass is 1390 g/mol. The molecule has 0 radical (unpaired) electrons. The zero-order chi connectivity index (χ0) is 71.1. The maximum absolute atomic E-state index is 16.1. The van der Waals surface area contributed by atoms with Crippen LogP contribution in [0, 0.1) is 41.4 Å². The average Bonchev–Trinajstić information content (AvgIpc) is 0.893. The van der Waals surface area contributed by atoms with Crippen LogP contribution in [0.2, 0.25) is 0 Å². The third kappa shape index (κ3) is 23.9. The Hall–Kier alpha value is -4.86. The second-order valence-electron chi connectivity index (χ2n) is 26.9. The number of amides is 1. The van der Waals surface area contributed by atoms with Gasteiger partial charge in [-0.1, -0.05) is 61.0 Å². The number of nitrogens with zero attached hydrogens (tertiary/aromatic N) is 2. The maximum Gasteiger partial charge on any atom is 0.573 e. The number of cyclic esters (lactones) is 1. The van der Waals surface area contributed by atoms with Crippen LogP contribution in [0.5, 0.6) is 5.75 Å². The number of likely N-dealkylation sites (N-methyl/N-ethyl adjacent to an activating group) is 1. The van der Waals surface area contributed by atoms with E-state index < -0.39 is 178 Å². The lowest BCUT2D eigenvalue weighted by Gasteiger charge is -2.45. The Morgan fingerprint density at radius 3 is 2.03 bits per heavy atom. The van der Waals surface area contributed by atoms with Crippen molar-refractivity contribution in [2.24, 2.45) is 46.6 Å². The van der Waals surface area contributed by atoms with Gasteiger partial charge in [0.05, 0.1) is 65.3 Å². The van der Waals surface area contributed by atoms with Crippen molar-refractivity contribution < 1.29 is 123 Å². The molecule has 5 rings (SSSR count). The largest absolute Gasteiger partial charge is 0.573 e. The lowest BCUT2D eigenvalue weighted by atomic mass is 9.74.